The SMILES string of the molecule is CN1CCOC(Cn2cnc(-c3ccc(F)cc3F)c2-c2ncc[nH]2)C1. The fourth-order valence-corrected chi connectivity index (χ4v) is 3.24. The van der Waals surface area contributed by atoms with Gasteiger partial charge in [-0.15, -0.1) is 0 Å². The van der Waals surface area contributed by atoms with Crippen LogP contribution in [0, 0.1) is 11.6 Å². The van der Waals surface area contributed by atoms with Crippen molar-refractivity contribution in [2.24, 2.45) is 0 Å². The van der Waals surface area contributed by atoms with E-state index >= 15 is 0 Å². The molecule has 1 N–H and O–H groups in total. The van der Waals surface area contributed by atoms with Crippen molar-refractivity contribution in [3.8, 4) is 22.8 Å². The van der Waals surface area contributed by atoms with Crippen molar-refractivity contribution in [3.63, 3.8) is 0 Å². The van der Waals surface area contributed by atoms with Gasteiger partial charge in [-0.25, -0.2) is 18.7 Å². The number of nitrogens with one attached hydrogen (secondary N) is 1. The van der Waals surface area contributed by atoms with Crippen molar-refractivity contribution in [1.82, 2.24) is 24.4 Å². The summed E-state index contributed by atoms with van der Waals surface area (Å²) >= 11 is 0. The van der Waals surface area contributed by atoms with Gasteiger partial charge in [0.1, 0.15) is 23.0 Å². The highest BCUT2D eigenvalue weighted by atomic mass is 19.1. The molecule has 1 fully saturated rings. The minimum absolute atomic E-state index is 0.00239. The highest BCUT2D eigenvalue weighted by Gasteiger charge is 2.24. The Labute approximate surface area is 149 Å². The van der Waals surface area contributed by atoms with Crippen LogP contribution in [0.15, 0.2) is 36.9 Å². The third kappa shape index (κ3) is 3.25. The number of nitrogens with zero attached hydrogens (tertiary/aromatic N) is 4. The van der Waals surface area contributed by atoms with Crippen molar-refractivity contribution in [1.29, 1.82) is 0 Å². The first-order valence-electron chi connectivity index (χ1n) is 8.42. The zero-order chi connectivity index (χ0) is 18.1. The largest absolute Gasteiger partial charge is 0.374 e. The van der Waals surface area contributed by atoms with Crippen molar-refractivity contribution in [2.45, 2.75) is 12.6 Å². The van der Waals surface area contributed by atoms with Gasteiger partial charge in [-0.3, -0.25) is 0 Å². The molecule has 1 aliphatic rings. The van der Waals surface area contributed by atoms with Crippen LogP contribution in [0.1, 0.15) is 0 Å². The molecule has 1 aliphatic heterocycles. The monoisotopic (exact) mass is 359 g/mol. The standard InChI is InChI=1S/C18H19F2N5O/c1-24-6-7-26-13(9-24)10-25-11-23-16(17(25)18-21-4-5-22-18)14-3-2-12(19)8-15(14)20/h2-5,8,11,13H,6-7,9-10H2,1H3,(H,21,22). The maximum absolute atomic E-state index is 14.3. The van der Waals surface area contributed by atoms with Gasteiger partial charge in [0.2, 0.25) is 0 Å². The summed E-state index contributed by atoms with van der Waals surface area (Å²) in [5, 5.41) is 0. The first kappa shape index (κ1) is 16.9. The molecule has 0 amide bonds. The van der Waals surface area contributed by atoms with Gasteiger partial charge in [0.15, 0.2) is 5.82 Å². The maximum atomic E-state index is 14.3. The van der Waals surface area contributed by atoms with E-state index in [1.54, 1.807) is 18.7 Å². The molecule has 0 aliphatic carbocycles. The highest BCUT2D eigenvalue weighted by Crippen LogP contribution is 2.31. The summed E-state index contributed by atoms with van der Waals surface area (Å²) in [7, 11) is 2.05. The average Bonchev–Trinajstić information content (AvgIpc) is 3.24. The molecular formula is C18H19F2N5O. The quantitative estimate of drug-likeness (QED) is 0.778. The van der Waals surface area contributed by atoms with Crippen molar-refractivity contribution in [2.75, 3.05) is 26.7 Å². The summed E-state index contributed by atoms with van der Waals surface area (Å²) in [6.45, 7) is 2.94. The number of benzene rings is 1. The van der Waals surface area contributed by atoms with Gasteiger partial charge in [-0.05, 0) is 19.2 Å². The molecule has 1 aromatic carbocycles. The van der Waals surface area contributed by atoms with E-state index in [1.807, 2.05) is 4.57 Å². The van der Waals surface area contributed by atoms with E-state index in [1.165, 1.54) is 12.1 Å². The number of rotatable bonds is 4. The van der Waals surface area contributed by atoms with E-state index in [-0.39, 0.29) is 11.7 Å². The molecule has 2 aromatic heterocycles. The molecule has 0 spiro atoms. The van der Waals surface area contributed by atoms with E-state index in [4.69, 9.17) is 4.74 Å². The maximum Gasteiger partial charge on any atom is 0.156 e. The molecule has 3 aromatic rings. The molecule has 6 nitrogen and oxygen atoms in total. The average molecular weight is 359 g/mol. The summed E-state index contributed by atoms with van der Waals surface area (Å²) in [5.41, 5.74) is 1.30. The summed E-state index contributed by atoms with van der Waals surface area (Å²) in [5.74, 6) is -0.703. The van der Waals surface area contributed by atoms with Gasteiger partial charge in [0.25, 0.3) is 0 Å². The Morgan fingerprint density at radius 3 is 2.92 bits per heavy atom. The second-order valence-electron chi connectivity index (χ2n) is 6.41. The van der Waals surface area contributed by atoms with E-state index in [2.05, 4.69) is 26.9 Å². The number of aromatic amines is 1. The Morgan fingerprint density at radius 2 is 2.19 bits per heavy atom. The van der Waals surface area contributed by atoms with Crippen LogP contribution in [0.4, 0.5) is 8.78 Å². The topological polar surface area (TPSA) is 59.0 Å². The van der Waals surface area contributed by atoms with Crippen LogP contribution in [-0.4, -0.2) is 57.3 Å². The van der Waals surface area contributed by atoms with Gasteiger partial charge in [0.05, 0.1) is 25.6 Å². The Morgan fingerprint density at radius 1 is 1.31 bits per heavy atom. The first-order valence-corrected chi connectivity index (χ1v) is 8.42. The lowest BCUT2D eigenvalue weighted by molar-refractivity contribution is -0.0272. The van der Waals surface area contributed by atoms with E-state index in [0.717, 1.165) is 19.2 Å². The molecule has 136 valence electrons. The molecule has 26 heavy (non-hydrogen) atoms. The molecule has 0 bridgehead atoms. The second kappa shape index (κ2) is 6.97. The minimum Gasteiger partial charge on any atom is -0.374 e. The summed E-state index contributed by atoms with van der Waals surface area (Å²) < 4.78 is 35.3. The number of ether oxygens (including phenoxy) is 1. The number of imidazole rings is 2. The lowest BCUT2D eigenvalue weighted by Gasteiger charge is -2.30. The summed E-state index contributed by atoms with van der Waals surface area (Å²) in [6, 6.07) is 3.48. The number of aromatic nitrogens is 4. The number of hydrogen-bond donors (Lipinski definition) is 1. The molecule has 0 radical (unpaired) electrons. The van der Waals surface area contributed by atoms with Crippen molar-refractivity contribution in [3.05, 3.63) is 48.6 Å². The van der Waals surface area contributed by atoms with Crippen LogP contribution in [0.2, 0.25) is 0 Å². The van der Waals surface area contributed by atoms with Crippen molar-refractivity contribution < 1.29 is 13.5 Å². The highest BCUT2D eigenvalue weighted by molar-refractivity contribution is 5.75. The van der Waals surface area contributed by atoms with Gasteiger partial charge >= 0.3 is 0 Å². The Bertz CT molecular complexity index is 893. The fourth-order valence-electron chi connectivity index (χ4n) is 3.24. The summed E-state index contributed by atoms with van der Waals surface area (Å²) in [6.07, 6.45) is 4.97. The normalized spacial score (nSPS) is 18.3. The smallest absolute Gasteiger partial charge is 0.156 e. The second-order valence-corrected chi connectivity index (χ2v) is 6.41. The Kier molecular flexibility index (Phi) is 4.52. The van der Waals surface area contributed by atoms with E-state index in [0.29, 0.717) is 30.4 Å². The first-order chi connectivity index (χ1) is 12.6. The zero-order valence-electron chi connectivity index (χ0n) is 14.3. The Balaban J connectivity index is 1.74. The van der Waals surface area contributed by atoms with Gasteiger partial charge < -0.3 is 19.2 Å². The number of H-pyrrole nitrogens is 1. The van der Waals surface area contributed by atoms with Crippen LogP contribution in [0.5, 0.6) is 0 Å². The molecule has 1 atom stereocenters. The summed E-state index contributed by atoms with van der Waals surface area (Å²) in [4.78, 5) is 13.9. The van der Waals surface area contributed by atoms with Crippen LogP contribution in [-0.2, 0) is 11.3 Å². The number of likely N-dealkylation sites (N-methyl/N-ethyl adjacent to an activating group) is 1. The third-order valence-electron chi connectivity index (χ3n) is 4.49. The van der Waals surface area contributed by atoms with Gasteiger partial charge in [-0.1, -0.05) is 0 Å². The predicted octanol–water partition coefficient (Wildman–Crippen LogP) is 2.55. The molecule has 8 heteroatoms. The molecular weight excluding hydrogens is 340 g/mol. The van der Waals surface area contributed by atoms with Crippen LogP contribution in [0.25, 0.3) is 22.8 Å². The number of hydrogen-bond acceptors (Lipinski definition) is 4. The van der Waals surface area contributed by atoms with Crippen LogP contribution < -0.4 is 0 Å². The lowest BCUT2D eigenvalue weighted by Crippen LogP contribution is -2.42. The molecule has 3 heterocycles. The lowest BCUT2D eigenvalue weighted by atomic mass is 10.1. The van der Waals surface area contributed by atoms with Crippen molar-refractivity contribution >= 4 is 0 Å². The molecule has 4 rings (SSSR count). The van der Waals surface area contributed by atoms with E-state index < -0.39 is 11.6 Å². The van der Waals surface area contributed by atoms with Gasteiger partial charge in [0, 0.05) is 37.1 Å². The van der Waals surface area contributed by atoms with Crippen LogP contribution >= 0.6 is 0 Å². The molecule has 1 saturated heterocycles. The predicted molar refractivity (Wildman–Crippen MR) is 92.4 cm³/mol. The molecule has 0 saturated carbocycles. The van der Waals surface area contributed by atoms with Gasteiger partial charge in [-0.2, -0.15) is 0 Å². The minimum atomic E-state index is -0.656. The van der Waals surface area contributed by atoms with E-state index in [9.17, 15) is 8.78 Å². The molecule has 1 unspecified atom stereocenters. The zero-order valence-corrected chi connectivity index (χ0v) is 14.3. The third-order valence-corrected chi connectivity index (χ3v) is 4.49. The number of halogens is 2. The number of morpholine rings is 1. The fraction of sp³-hybridized carbons (Fsp3) is 0.333. The Hall–Kier alpha value is -2.58. The van der Waals surface area contributed by atoms with Crippen LogP contribution in [0.3, 0.4) is 0 Å².